The van der Waals surface area contributed by atoms with Crippen molar-refractivity contribution in [3.8, 4) is 0 Å². The van der Waals surface area contributed by atoms with Gasteiger partial charge in [-0.25, -0.2) is 18.4 Å². The van der Waals surface area contributed by atoms with Crippen molar-refractivity contribution in [3.63, 3.8) is 0 Å². The average Bonchev–Trinajstić information content (AvgIpc) is 2.73. The number of rotatable bonds is 5. The smallest absolute Gasteiger partial charge is 0.322 e. The lowest BCUT2D eigenvalue weighted by atomic mass is 10.1. The van der Waals surface area contributed by atoms with Crippen molar-refractivity contribution >= 4 is 44.6 Å². The fourth-order valence-electron chi connectivity index (χ4n) is 2.59. The Kier molecular flexibility index (Phi) is 6.70. The van der Waals surface area contributed by atoms with Crippen LogP contribution in [0.15, 0.2) is 59.9 Å². The summed E-state index contributed by atoms with van der Waals surface area (Å²) in [7, 11) is -3.79. The van der Waals surface area contributed by atoms with E-state index in [9.17, 15) is 31.2 Å². The van der Waals surface area contributed by atoms with Crippen LogP contribution < -0.4 is 10.6 Å². The van der Waals surface area contributed by atoms with E-state index in [4.69, 9.17) is 11.6 Å². The summed E-state index contributed by atoms with van der Waals surface area (Å²) >= 11 is 5.90. The molecule has 3 rings (SSSR count). The monoisotopic (exact) mass is 498 g/mol. The predicted octanol–water partition coefficient (Wildman–Crippen LogP) is 4.06. The van der Waals surface area contributed by atoms with Crippen LogP contribution in [0.25, 0.3) is 0 Å². The standard InChI is InChI=1S/C20H14ClF3N4O4S/c1-33(31,32)19-25-10-15(21)16(28-19)18(30)27-13-6-2-4-11(8-13)17(29)26-14-7-3-5-12(9-14)20(22,23)24/h2-10H,1H3,(H,26,29)(H,27,30). The fourth-order valence-corrected chi connectivity index (χ4v) is 3.27. The van der Waals surface area contributed by atoms with Gasteiger partial charge in [-0.1, -0.05) is 23.7 Å². The van der Waals surface area contributed by atoms with E-state index >= 15 is 0 Å². The van der Waals surface area contributed by atoms with Crippen LogP contribution >= 0.6 is 11.6 Å². The second-order valence-corrected chi connectivity index (χ2v) is 9.01. The molecule has 0 atom stereocenters. The van der Waals surface area contributed by atoms with Crippen molar-refractivity contribution in [1.82, 2.24) is 9.97 Å². The topological polar surface area (TPSA) is 118 Å². The molecule has 8 nitrogen and oxygen atoms in total. The number of nitrogens with zero attached hydrogens (tertiary/aromatic N) is 2. The Morgan fingerprint density at radius 3 is 2.21 bits per heavy atom. The molecule has 2 aromatic carbocycles. The lowest BCUT2D eigenvalue weighted by Crippen LogP contribution is -2.18. The number of hydrogen-bond acceptors (Lipinski definition) is 6. The van der Waals surface area contributed by atoms with E-state index in [-0.39, 0.29) is 22.0 Å². The SMILES string of the molecule is CS(=O)(=O)c1ncc(Cl)c(C(=O)Nc2cccc(C(=O)Nc3cccc(C(F)(F)F)c3)c2)n1. The van der Waals surface area contributed by atoms with Gasteiger partial charge in [0.05, 0.1) is 16.8 Å². The van der Waals surface area contributed by atoms with Crippen molar-refractivity contribution in [2.75, 3.05) is 16.9 Å². The number of carbonyl (C=O) groups excluding carboxylic acids is 2. The van der Waals surface area contributed by atoms with Crippen molar-refractivity contribution in [1.29, 1.82) is 0 Å². The van der Waals surface area contributed by atoms with Crippen LogP contribution in [0.4, 0.5) is 24.5 Å². The van der Waals surface area contributed by atoms with Crippen LogP contribution in [0.2, 0.25) is 5.02 Å². The predicted molar refractivity (Wildman–Crippen MR) is 114 cm³/mol. The van der Waals surface area contributed by atoms with Gasteiger partial charge in [0.25, 0.3) is 11.8 Å². The van der Waals surface area contributed by atoms with E-state index < -0.39 is 44.2 Å². The van der Waals surface area contributed by atoms with E-state index in [1.165, 1.54) is 30.3 Å². The Morgan fingerprint density at radius 1 is 0.970 bits per heavy atom. The number of hydrogen-bond donors (Lipinski definition) is 2. The molecule has 1 aromatic heterocycles. The average molecular weight is 499 g/mol. The molecule has 1 heterocycles. The van der Waals surface area contributed by atoms with Crippen LogP contribution in [0, 0.1) is 0 Å². The van der Waals surface area contributed by atoms with Crippen molar-refractivity contribution < 1.29 is 31.2 Å². The van der Waals surface area contributed by atoms with E-state index in [1.54, 1.807) is 0 Å². The molecule has 0 saturated heterocycles. The second-order valence-electron chi connectivity index (χ2n) is 6.69. The minimum atomic E-state index is -4.57. The lowest BCUT2D eigenvalue weighted by Gasteiger charge is -2.11. The molecule has 2 N–H and O–H groups in total. The van der Waals surface area contributed by atoms with Gasteiger partial charge in [0.2, 0.25) is 15.0 Å². The van der Waals surface area contributed by atoms with Crippen LogP contribution in [-0.4, -0.2) is 36.5 Å². The normalized spacial score (nSPS) is 11.7. The third kappa shape index (κ3) is 6.05. The minimum Gasteiger partial charge on any atom is -0.322 e. The third-order valence-electron chi connectivity index (χ3n) is 4.10. The van der Waals surface area contributed by atoms with Gasteiger partial charge >= 0.3 is 6.18 Å². The maximum absolute atomic E-state index is 12.9. The molecule has 3 aromatic rings. The van der Waals surface area contributed by atoms with Gasteiger partial charge in [-0.3, -0.25) is 9.59 Å². The van der Waals surface area contributed by atoms with Crippen LogP contribution in [-0.2, 0) is 16.0 Å². The summed E-state index contributed by atoms with van der Waals surface area (Å²) in [6.45, 7) is 0. The Labute approximate surface area is 190 Å². The third-order valence-corrected chi connectivity index (χ3v) is 5.24. The van der Waals surface area contributed by atoms with Gasteiger partial charge in [0, 0.05) is 23.2 Å². The number of nitrogens with one attached hydrogen (secondary N) is 2. The first-order valence-corrected chi connectivity index (χ1v) is 11.2. The molecule has 0 aliphatic carbocycles. The van der Waals surface area contributed by atoms with E-state index in [0.717, 1.165) is 30.7 Å². The van der Waals surface area contributed by atoms with Gasteiger partial charge in [0.15, 0.2) is 5.69 Å². The molecule has 0 radical (unpaired) electrons. The number of benzene rings is 2. The number of alkyl halides is 3. The number of halogens is 4. The largest absolute Gasteiger partial charge is 0.416 e. The number of sulfone groups is 1. The summed E-state index contributed by atoms with van der Waals surface area (Å²) in [5.41, 5.74) is -1.21. The summed E-state index contributed by atoms with van der Waals surface area (Å²) < 4.78 is 61.8. The van der Waals surface area contributed by atoms with Gasteiger partial charge < -0.3 is 10.6 Å². The number of carbonyl (C=O) groups is 2. The Bertz CT molecular complexity index is 1350. The summed E-state index contributed by atoms with van der Waals surface area (Å²) in [6.07, 6.45) is -2.73. The first-order valence-electron chi connectivity index (χ1n) is 8.97. The zero-order valence-corrected chi connectivity index (χ0v) is 18.2. The minimum absolute atomic E-state index is 0.0378. The van der Waals surface area contributed by atoms with Gasteiger partial charge in [-0.05, 0) is 36.4 Å². The zero-order valence-electron chi connectivity index (χ0n) is 16.6. The molecule has 2 amide bonds. The summed E-state index contributed by atoms with van der Waals surface area (Å²) in [4.78, 5) is 32.2. The van der Waals surface area contributed by atoms with Crippen LogP contribution in [0.1, 0.15) is 26.4 Å². The Balaban J connectivity index is 1.79. The van der Waals surface area contributed by atoms with Crippen molar-refractivity contribution in [2.24, 2.45) is 0 Å². The quantitative estimate of drug-likeness (QED) is 0.512. The van der Waals surface area contributed by atoms with Gasteiger partial charge in [0.1, 0.15) is 0 Å². The molecule has 0 saturated carbocycles. The molecule has 13 heteroatoms. The van der Waals surface area contributed by atoms with Crippen LogP contribution in [0.3, 0.4) is 0 Å². The molecular formula is C20H14ClF3N4O4S. The van der Waals surface area contributed by atoms with Gasteiger partial charge in [-0.2, -0.15) is 13.2 Å². The Morgan fingerprint density at radius 2 is 1.58 bits per heavy atom. The molecular weight excluding hydrogens is 485 g/mol. The van der Waals surface area contributed by atoms with Crippen molar-refractivity contribution in [2.45, 2.75) is 11.3 Å². The molecule has 0 unspecified atom stereocenters. The molecule has 0 aliphatic rings. The first-order chi connectivity index (χ1) is 15.3. The highest BCUT2D eigenvalue weighted by atomic mass is 35.5. The number of anilines is 2. The molecule has 172 valence electrons. The molecule has 0 aliphatic heterocycles. The molecule has 33 heavy (non-hydrogen) atoms. The number of amides is 2. The van der Waals surface area contributed by atoms with Crippen LogP contribution in [0.5, 0.6) is 0 Å². The zero-order chi connectivity index (χ0) is 24.4. The Hall–Kier alpha value is -3.51. The highest BCUT2D eigenvalue weighted by Gasteiger charge is 2.30. The summed E-state index contributed by atoms with van der Waals surface area (Å²) in [5, 5.41) is 4.00. The summed E-state index contributed by atoms with van der Waals surface area (Å²) in [5.74, 6) is -1.58. The molecule has 0 fully saturated rings. The number of aromatic nitrogens is 2. The maximum atomic E-state index is 12.9. The first kappa shape index (κ1) is 24.1. The van der Waals surface area contributed by atoms with Gasteiger partial charge in [-0.15, -0.1) is 0 Å². The highest BCUT2D eigenvalue weighted by Crippen LogP contribution is 2.30. The van der Waals surface area contributed by atoms with Crippen molar-refractivity contribution in [3.05, 3.63) is 76.6 Å². The molecule has 0 spiro atoms. The fraction of sp³-hybridized carbons (Fsp3) is 0.100. The summed E-state index contributed by atoms with van der Waals surface area (Å²) in [6, 6.07) is 9.65. The highest BCUT2D eigenvalue weighted by molar-refractivity contribution is 7.90. The van der Waals surface area contributed by atoms with E-state index in [1.807, 2.05) is 0 Å². The maximum Gasteiger partial charge on any atom is 0.416 e. The molecule has 0 bridgehead atoms. The van der Waals surface area contributed by atoms with E-state index in [2.05, 4.69) is 20.6 Å². The second kappa shape index (κ2) is 9.16. The lowest BCUT2D eigenvalue weighted by molar-refractivity contribution is -0.137. The van der Waals surface area contributed by atoms with E-state index in [0.29, 0.717) is 0 Å².